The summed E-state index contributed by atoms with van der Waals surface area (Å²) in [5, 5.41) is 13.8. The normalized spacial score (nSPS) is 28.5. The Morgan fingerprint density at radius 3 is 2.95 bits per heavy atom. The van der Waals surface area contributed by atoms with E-state index in [1.165, 1.54) is 32.4 Å². The predicted octanol–water partition coefficient (Wildman–Crippen LogP) is 2.67. The van der Waals surface area contributed by atoms with E-state index in [1.54, 1.807) is 6.07 Å². The second kappa shape index (κ2) is 5.51. The molecule has 2 aliphatic rings. The molecule has 0 aliphatic carbocycles. The molecule has 2 heterocycles. The van der Waals surface area contributed by atoms with Gasteiger partial charge in [-0.15, -0.1) is 0 Å². The van der Waals surface area contributed by atoms with Gasteiger partial charge in [0, 0.05) is 30.2 Å². The number of rotatable bonds is 4. The lowest BCUT2D eigenvalue weighted by Gasteiger charge is -2.27. The molecular weight excluding hydrogens is 236 g/mol. The van der Waals surface area contributed by atoms with Crippen molar-refractivity contribution < 1.29 is 5.11 Å². The van der Waals surface area contributed by atoms with Crippen molar-refractivity contribution in [2.45, 2.75) is 50.7 Å². The Kier molecular flexibility index (Phi) is 3.76. The summed E-state index contributed by atoms with van der Waals surface area (Å²) in [6.45, 7) is 4.70. The monoisotopic (exact) mass is 260 g/mol. The standard InChI is InChI=1S/C16H24N2O/c1-2-13(12-6-3-4-8-16(12)19)17-14-9-11-18-10-5-7-15(14)18/h3-4,6,8,13-15,17,19H,2,5,7,9-11H2,1H3. The van der Waals surface area contributed by atoms with Crippen LogP contribution in [0.15, 0.2) is 24.3 Å². The molecule has 1 aromatic rings. The first-order chi connectivity index (χ1) is 9.29. The molecule has 3 unspecified atom stereocenters. The summed E-state index contributed by atoms with van der Waals surface area (Å²) in [6, 6.07) is 9.31. The van der Waals surface area contributed by atoms with E-state index >= 15 is 0 Å². The van der Waals surface area contributed by atoms with Gasteiger partial charge in [-0.05, 0) is 38.3 Å². The number of aromatic hydroxyl groups is 1. The molecule has 3 nitrogen and oxygen atoms in total. The quantitative estimate of drug-likeness (QED) is 0.873. The van der Waals surface area contributed by atoms with E-state index < -0.39 is 0 Å². The van der Waals surface area contributed by atoms with Crippen LogP contribution in [0.3, 0.4) is 0 Å². The van der Waals surface area contributed by atoms with E-state index in [9.17, 15) is 5.11 Å². The van der Waals surface area contributed by atoms with Crippen LogP contribution < -0.4 is 5.32 Å². The van der Waals surface area contributed by atoms with Gasteiger partial charge < -0.3 is 10.4 Å². The zero-order chi connectivity index (χ0) is 13.2. The molecule has 0 amide bonds. The topological polar surface area (TPSA) is 35.5 Å². The zero-order valence-corrected chi connectivity index (χ0v) is 11.7. The summed E-state index contributed by atoms with van der Waals surface area (Å²) >= 11 is 0. The van der Waals surface area contributed by atoms with E-state index in [2.05, 4.69) is 17.1 Å². The summed E-state index contributed by atoms with van der Waals surface area (Å²) in [6.07, 6.45) is 4.93. The fraction of sp³-hybridized carbons (Fsp3) is 0.625. The third-order valence-electron chi connectivity index (χ3n) is 4.74. The first-order valence-corrected chi connectivity index (χ1v) is 7.57. The van der Waals surface area contributed by atoms with E-state index in [0.717, 1.165) is 18.0 Å². The smallest absolute Gasteiger partial charge is 0.120 e. The van der Waals surface area contributed by atoms with Crippen LogP contribution in [0.25, 0.3) is 0 Å². The SMILES string of the molecule is CCC(NC1CCN2CCCC12)c1ccccc1O. The Morgan fingerprint density at radius 2 is 2.16 bits per heavy atom. The molecule has 0 saturated carbocycles. The Morgan fingerprint density at radius 1 is 1.32 bits per heavy atom. The second-order valence-corrected chi connectivity index (χ2v) is 5.83. The van der Waals surface area contributed by atoms with Crippen LogP contribution in [-0.2, 0) is 0 Å². The maximum atomic E-state index is 10.0. The number of para-hydroxylation sites is 1. The van der Waals surface area contributed by atoms with Gasteiger partial charge in [-0.3, -0.25) is 4.90 Å². The van der Waals surface area contributed by atoms with Gasteiger partial charge in [0.15, 0.2) is 0 Å². The Hall–Kier alpha value is -1.06. The molecular formula is C16H24N2O. The number of fused-ring (bicyclic) bond motifs is 1. The molecule has 0 spiro atoms. The van der Waals surface area contributed by atoms with Crippen LogP contribution in [0.2, 0.25) is 0 Å². The van der Waals surface area contributed by atoms with Crippen LogP contribution in [0, 0.1) is 0 Å². The number of nitrogens with zero attached hydrogens (tertiary/aromatic N) is 1. The Bertz CT molecular complexity index is 435. The van der Waals surface area contributed by atoms with Gasteiger partial charge >= 0.3 is 0 Å². The van der Waals surface area contributed by atoms with E-state index in [1.807, 2.05) is 18.2 Å². The summed E-state index contributed by atoms with van der Waals surface area (Å²) < 4.78 is 0. The largest absolute Gasteiger partial charge is 0.508 e. The molecule has 2 fully saturated rings. The average Bonchev–Trinajstić information content (AvgIpc) is 3.01. The number of hydrogen-bond donors (Lipinski definition) is 2. The highest BCUT2D eigenvalue weighted by molar-refractivity contribution is 5.34. The molecule has 3 atom stereocenters. The van der Waals surface area contributed by atoms with Gasteiger partial charge in [-0.2, -0.15) is 0 Å². The lowest BCUT2D eigenvalue weighted by Crippen LogP contribution is -2.40. The highest BCUT2D eigenvalue weighted by Gasteiger charge is 2.37. The Labute approximate surface area is 115 Å². The predicted molar refractivity (Wildman–Crippen MR) is 77.3 cm³/mol. The molecule has 3 heteroatoms. The molecule has 2 aliphatic heterocycles. The minimum atomic E-state index is 0.270. The van der Waals surface area contributed by atoms with Crippen molar-refractivity contribution in [3.05, 3.63) is 29.8 Å². The van der Waals surface area contributed by atoms with Crippen LogP contribution in [-0.4, -0.2) is 35.2 Å². The number of hydrogen-bond acceptors (Lipinski definition) is 3. The minimum absolute atomic E-state index is 0.270. The van der Waals surface area contributed by atoms with Crippen LogP contribution in [0.1, 0.15) is 44.2 Å². The summed E-state index contributed by atoms with van der Waals surface area (Å²) in [7, 11) is 0. The third-order valence-corrected chi connectivity index (χ3v) is 4.74. The number of phenols is 1. The molecule has 104 valence electrons. The number of nitrogens with one attached hydrogen (secondary N) is 1. The van der Waals surface area contributed by atoms with Gasteiger partial charge in [0.2, 0.25) is 0 Å². The fourth-order valence-corrected chi connectivity index (χ4v) is 3.75. The highest BCUT2D eigenvalue weighted by Crippen LogP contribution is 2.32. The number of phenolic OH excluding ortho intramolecular Hbond substituents is 1. The van der Waals surface area contributed by atoms with E-state index in [0.29, 0.717) is 11.8 Å². The maximum Gasteiger partial charge on any atom is 0.120 e. The summed E-state index contributed by atoms with van der Waals surface area (Å²) in [4.78, 5) is 2.62. The van der Waals surface area contributed by atoms with Gasteiger partial charge in [0.1, 0.15) is 5.75 Å². The van der Waals surface area contributed by atoms with Crippen molar-refractivity contribution in [2.24, 2.45) is 0 Å². The molecule has 1 aromatic carbocycles. The van der Waals surface area contributed by atoms with Crippen LogP contribution in [0.4, 0.5) is 0 Å². The van der Waals surface area contributed by atoms with Crippen molar-refractivity contribution in [1.82, 2.24) is 10.2 Å². The zero-order valence-electron chi connectivity index (χ0n) is 11.7. The first kappa shape index (κ1) is 12.9. The maximum absolute atomic E-state index is 10.0. The van der Waals surface area contributed by atoms with Crippen molar-refractivity contribution in [3.8, 4) is 5.75 Å². The summed E-state index contributed by atoms with van der Waals surface area (Å²) in [5.74, 6) is 0.420. The summed E-state index contributed by atoms with van der Waals surface area (Å²) in [5.41, 5.74) is 1.04. The first-order valence-electron chi connectivity index (χ1n) is 7.57. The van der Waals surface area contributed by atoms with Crippen molar-refractivity contribution >= 4 is 0 Å². The lowest BCUT2D eigenvalue weighted by atomic mass is 9.99. The van der Waals surface area contributed by atoms with Crippen molar-refractivity contribution in [1.29, 1.82) is 0 Å². The van der Waals surface area contributed by atoms with Gasteiger partial charge in [0.25, 0.3) is 0 Å². The van der Waals surface area contributed by atoms with Gasteiger partial charge in [-0.25, -0.2) is 0 Å². The fourth-order valence-electron chi connectivity index (χ4n) is 3.75. The van der Waals surface area contributed by atoms with Gasteiger partial charge in [-0.1, -0.05) is 25.1 Å². The molecule has 3 rings (SSSR count). The molecule has 2 saturated heterocycles. The van der Waals surface area contributed by atoms with Crippen LogP contribution >= 0.6 is 0 Å². The molecule has 0 aromatic heterocycles. The van der Waals surface area contributed by atoms with E-state index in [4.69, 9.17) is 0 Å². The van der Waals surface area contributed by atoms with Crippen LogP contribution in [0.5, 0.6) is 5.75 Å². The highest BCUT2D eigenvalue weighted by atomic mass is 16.3. The van der Waals surface area contributed by atoms with Crippen molar-refractivity contribution in [2.75, 3.05) is 13.1 Å². The third kappa shape index (κ3) is 2.49. The lowest BCUT2D eigenvalue weighted by molar-refractivity contribution is 0.286. The second-order valence-electron chi connectivity index (χ2n) is 5.83. The van der Waals surface area contributed by atoms with Crippen molar-refractivity contribution in [3.63, 3.8) is 0 Å². The Balaban J connectivity index is 1.72. The minimum Gasteiger partial charge on any atom is -0.508 e. The molecule has 19 heavy (non-hydrogen) atoms. The van der Waals surface area contributed by atoms with Gasteiger partial charge in [0.05, 0.1) is 0 Å². The number of benzene rings is 1. The molecule has 2 N–H and O–H groups in total. The average molecular weight is 260 g/mol. The molecule has 0 radical (unpaired) electrons. The molecule has 0 bridgehead atoms. The van der Waals surface area contributed by atoms with E-state index in [-0.39, 0.29) is 6.04 Å².